The lowest BCUT2D eigenvalue weighted by atomic mass is 10.2. The molecule has 0 aliphatic rings. The molecule has 0 unspecified atom stereocenters. The molecule has 2 rings (SSSR count). The van der Waals surface area contributed by atoms with Crippen LogP contribution in [0.2, 0.25) is 5.02 Å². The van der Waals surface area contributed by atoms with Gasteiger partial charge in [-0.1, -0.05) is 11.6 Å². The highest BCUT2D eigenvalue weighted by atomic mass is 35.5. The molecule has 1 heterocycles. The summed E-state index contributed by atoms with van der Waals surface area (Å²) in [5.74, 6) is 0.836. The molecule has 1 aromatic heterocycles. The van der Waals surface area contributed by atoms with Crippen LogP contribution in [0.3, 0.4) is 0 Å². The number of phenols is 1. The normalized spacial score (nSPS) is 10.4. The minimum absolute atomic E-state index is 0.101. The summed E-state index contributed by atoms with van der Waals surface area (Å²) in [6.07, 6.45) is 0. The molecular formula is C10H10ClN3O2. The van der Waals surface area contributed by atoms with E-state index in [1.54, 1.807) is 25.1 Å². The molecule has 2 aromatic rings. The largest absolute Gasteiger partial charge is 0.508 e. The van der Waals surface area contributed by atoms with Crippen molar-refractivity contribution in [2.45, 2.75) is 0 Å². The van der Waals surface area contributed by atoms with Gasteiger partial charge >= 0.3 is 0 Å². The molecule has 0 radical (unpaired) electrons. The smallest absolute Gasteiger partial charge is 0.265 e. The van der Waals surface area contributed by atoms with Gasteiger partial charge in [0, 0.05) is 14.1 Å². The first-order valence-corrected chi connectivity index (χ1v) is 4.95. The predicted octanol–water partition coefficient (Wildman–Crippen LogP) is 2.16. The highest BCUT2D eigenvalue weighted by molar-refractivity contribution is 6.33. The lowest BCUT2D eigenvalue weighted by Crippen LogP contribution is -2.10. The standard InChI is InChI=1S/C10H10ClN3O2/c1-14(2)10-12-9(16-13-10)7-5-6(15)3-4-8(7)11/h3-5,15H,1-2H3. The number of halogens is 1. The molecule has 0 amide bonds. The molecule has 0 aliphatic heterocycles. The molecule has 0 saturated heterocycles. The summed E-state index contributed by atoms with van der Waals surface area (Å²) < 4.78 is 5.05. The second-order valence-corrected chi connectivity index (χ2v) is 3.87. The van der Waals surface area contributed by atoms with Crippen LogP contribution in [0.1, 0.15) is 0 Å². The van der Waals surface area contributed by atoms with E-state index in [1.165, 1.54) is 12.1 Å². The van der Waals surface area contributed by atoms with Crippen LogP contribution in [0.25, 0.3) is 11.5 Å². The third-order valence-electron chi connectivity index (χ3n) is 2.00. The Kier molecular flexibility index (Phi) is 2.70. The van der Waals surface area contributed by atoms with Gasteiger partial charge in [0.25, 0.3) is 11.8 Å². The van der Waals surface area contributed by atoms with Gasteiger partial charge in [0.15, 0.2) is 0 Å². The SMILES string of the molecule is CN(C)c1noc(-c2cc(O)ccc2Cl)n1. The Labute approximate surface area is 97.3 Å². The summed E-state index contributed by atoms with van der Waals surface area (Å²) >= 11 is 5.97. The molecule has 0 saturated carbocycles. The maximum Gasteiger partial charge on any atom is 0.265 e. The molecule has 0 bridgehead atoms. The number of hydrogen-bond donors (Lipinski definition) is 1. The molecule has 1 N–H and O–H groups in total. The number of hydrogen-bond acceptors (Lipinski definition) is 5. The maximum absolute atomic E-state index is 9.36. The minimum atomic E-state index is 0.101. The van der Waals surface area contributed by atoms with Gasteiger partial charge in [-0.05, 0) is 23.4 Å². The monoisotopic (exact) mass is 239 g/mol. The number of aromatic nitrogens is 2. The van der Waals surface area contributed by atoms with Crippen molar-refractivity contribution in [2.24, 2.45) is 0 Å². The number of benzene rings is 1. The van der Waals surface area contributed by atoms with Gasteiger partial charge in [-0.2, -0.15) is 4.98 Å². The van der Waals surface area contributed by atoms with Gasteiger partial charge in [0.05, 0.1) is 10.6 Å². The summed E-state index contributed by atoms with van der Waals surface area (Å²) in [5.41, 5.74) is 0.516. The average Bonchev–Trinajstić information content (AvgIpc) is 2.70. The molecule has 0 spiro atoms. The Morgan fingerprint density at radius 3 is 2.75 bits per heavy atom. The van der Waals surface area contributed by atoms with Crippen molar-refractivity contribution >= 4 is 17.5 Å². The Bertz CT molecular complexity index is 511. The zero-order valence-electron chi connectivity index (χ0n) is 8.81. The highest BCUT2D eigenvalue weighted by Crippen LogP contribution is 2.30. The first kappa shape index (κ1) is 10.8. The molecular weight excluding hydrogens is 230 g/mol. The van der Waals surface area contributed by atoms with Gasteiger partial charge in [-0.15, -0.1) is 0 Å². The van der Waals surface area contributed by atoms with E-state index < -0.39 is 0 Å². The van der Waals surface area contributed by atoms with Crippen molar-refractivity contribution in [3.8, 4) is 17.2 Å². The van der Waals surface area contributed by atoms with Gasteiger partial charge in [-0.25, -0.2) is 0 Å². The van der Waals surface area contributed by atoms with Gasteiger partial charge < -0.3 is 14.5 Å². The molecule has 0 fully saturated rings. The topological polar surface area (TPSA) is 62.4 Å². The molecule has 0 atom stereocenters. The van der Waals surface area contributed by atoms with Crippen LogP contribution in [-0.4, -0.2) is 29.3 Å². The Morgan fingerprint density at radius 2 is 2.12 bits per heavy atom. The fourth-order valence-corrected chi connectivity index (χ4v) is 1.38. The summed E-state index contributed by atoms with van der Waals surface area (Å²) in [4.78, 5) is 5.85. The van der Waals surface area contributed by atoms with Crippen molar-refractivity contribution in [3.63, 3.8) is 0 Å². The zero-order valence-corrected chi connectivity index (χ0v) is 9.56. The second-order valence-electron chi connectivity index (χ2n) is 3.46. The van der Waals surface area contributed by atoms with Crippen LogP contribution in [-0.2, 0) is 0 Å². The van der Waals surface area contributed by atoms with Crippen LogP contribution in [0.4, 0.5) is 5.95 Å². The van der Waals surface area contributed by atoms with Crippen molar-refractivity contribution in [3.05, 3.63) is 23.2 Å². The van der Waals surface area contributed by atoms with Crippen LogP contribution in [0.15, 0.2) is 22.7 Å². The number of phenolic OH excluding ortho intramolecular Hbond substituents is 1. The molecule has 0 aliphatic carbocycles. The van der Waals surface area contributed by atoms with E-state index in [4.69, 9.17) is 16.1 Å². The summed E-state index contributed by atoms with van der Waals surface area (Å²) in [6, 6.07) is 4.55. The molecule has 1 aromatic carbocycles. The van der Waals surface area contributed by atoms with Crippen molar-refractivity contribution in [2.75, 3.05) is 19.0 Å². The van der Waals surface area contributed by atoms with Gasteiger partial charge in [0.1, 0.15) is 5.75 Å². The van der Waals surface area contributed by atoms with E-state index in [0.717, 1.165) is 0 Å². The van der Waals surface area contributed by atoms with Crippen molar-refractivity contribution in [1.82, 2.24) is 10.1 Å². The van der Waals surface area contributed by atoms with Gasteiger partial charge in [-0.3, -0.25) is 0 Å². The summed E-state index contributed by atoms with van der Waals surface area (Å²) in [5, 5.41) is 13.6. The van der Waals surface area contributed by atoms with E-state index in [2.05, 4.69) is 10.1 Å². The first-order chi connectivity index (χ1) is 7.58. The maximum atomic E-state index is 9.36. The van der Waals surface area contributed by atoms with Crippen LogP contribution in [0, 0.1) is 0 Å². The van der Waals surface area contributed by atoms with Crippen molar-refractivity contribution < 1.29 is 9.63 Å². The highest BCUT2D eigenvalue weighted by Gasteiger charge is 2.13. The van der Waals surface area contributed by atoms with E-state index in [1.807, 2.05) is 0 Å². The fraction of sp³-hybridized carbons (Fsp3) is 0.200. The molecule has 6 heteroatoms. The lowest BCUT2D eigenvalue weighted by molar-refractivity contribution is 0.430. The first-order valence-electron chi connectivity index (χ1n) is 4.58. The quantitative estimate of drug-likeness (QED) is 0.870. The second kappa shape index (κ2) is 4.02. The van der Waals surface area contributed by atoms with E-state index in [0.29, 0.717) is 16.5 Å². The fourth-order valence-electron chi connectivity index (χ4n) is 1.18. The van der Waals surface area contributed by atoms with E-state index in [9.17, 15) is 5.11 Å². The minimum Gasteiger partial charge on any atom is -0.508 e. The summed E-state index contributed by atoms with van der Waals surface area (Å²) in [7, 11) is 3.61. The van der Waals surface area contributed by atoms with Gasteiger partial charge in [0.2, 0.25) is 0 Å². The van der Waals surface area contributed by atoms with Crippen LogP contribution >= 0.6 is 11.6 Å². The van der Waals surface area contributed by atoms with Crippen molar-refractivity contribution in [1.29, 1.82) is 0 Å². The lowest BCUT2D eigenvalue weighted by Gasteiger charge is -2.02. The number of anilines is 1. The number of aromatic hydroxyl groups is 1. The Hall–Kier alpha value is -1.75. The average molecular weight is 240 g/mol. The Morgan fingerprint density at radius 1 is 1.38 bits per heavy atom. The number of rotatable bonds is 2. The van der Waals surface area contributed by atoms with Crippen LogP contribution in [0.5, 0.6) is 5.75 Å². The molecule has 16 heavy (non-hydrogen) atoms. The third-order valence-corrected chi connectivity index (χ3v) is 2.33. The number of nitrogens with zero attached hydrogens (tertiary/aromatic N) is 3. The predicted molar refractivity (Wildman–Crippen MR) is 60.7 cm³/mol. The summed E-state index contributed by atoms with van der Waals surface area (Å²) in [6.45, 7) is 0. The zero-order chi connectivity index (χ0) is 11.7. The molecule has 5 nitrogen and oxygen atoms in total. The van der Waals surface area contributed by atoms with Crippen LogP contribution < -0.4 is 4.90 Å². The third kappa shape index (κ3) is 1.94. The van der Waals surface area contributed by atoms with E-state index in [-0.39, 0.29) is 11.6 Å². The van der Waals surface area contributed by atoms with E-state index >= 15 is 0 Å². The Balaban J connectivity index is 2.46. The molecule has 84 valence electrons.